The predicted octanol–water partition coefficient (Wildman–Crippen LogP) is 3.63. The van der Waals surface area contributed by atoms with Crippen LogP contribution in [-0.4, -0.2) is 19.1 Å². The molecule has 1 aromatic rings. The zero-order chi connectivity index (χ0) is 14.9. The maximum Gasteiger partial charge on any atom is 0.220 e. The maximum absolute atomic E-state index is 11.7. The zero-order valence-corrected chi connectivity index (χ0v) is 12.8. The fourth-order valence-electron chi connectivity index (χ4n) is 2.45. The lowest BCUT2D eigenvalue weighted by atomic mass is 10.1. The van der Waals surface area contributed by atoms with Gasteiger partial charge in [0.25, 0.3) is 0 Å². The van der Waals surface area contributed by atoms with Crippen molar-refractivity contribution in [2.75, 3.05) is 13.2 Å². The van der Waals surface area contributed by atoms with Gasteiger partial charge in [-0.3, -0.25) is 4.79 Å². The normalized spacial score (nSPS) is 16.9. The van der Waals surface area contributed by atoms with Gasteiger partial charge in [-0.15, -0.1) is 0 Å². The van der Waals surface area contributed by atoms with Gasteiger partial charge in [0.15, 0.2) is 0 Å². The van der Waals surface area contributed by atoms with E-state index >= 15 is 0 Å². The summed E-state index contributed by atoms with van der Waals surface area (Å²) in [7, 11) is 0. The van der Waals surface area contributed by atoms with E-state index in [4.69, 9.17) is 4.74 Å². The Morgan fingerprint density at radius 1 is 1.29 bits per heavy atom. The van der Waals surface area contributed by atoms with Crippen molar-refractivity contribution in [2.45, 2.75) is 39.0 Å². The van der Waals surface area contributed by atoms with Gasteiger partial charge in [-0.25, -0.2) is 0 Å². The third-order valence-corrected chi connectivity index (χ3v) is 3.74. The molecule has 21 heavy (non-hydrogen) atoms. The molecule has 0 aromatic heterocycles. The number of benzene rings is 1. The van der Waals surface area contributed by atoms with Gasteiger partial charge in [-0.05, 0) is 50.7 Å². The second-order valence-electron chi connectivity index (χ2n) is 5.69. The van der Waals surface area contributed by atoms with E-state index in [0.29, 0.717) is 18.9 Å². The van der Waals surface area contributed by atoms with Gasteiger partial charge in [0.1, 0.15) is 5.75 Å². The van der Waals surface area contributed by atoms with E-state index in [0.717, 1.165) is 38.0 Å². The number of aryl methyl sites for hydroxylation is 1. The first kappa shape index (κ1) is 15.6. The molecule has 0 saturated heterocycles. The molecule has 1 amide bonds. The van der Waals surface area contributed by atoms with Gasteiger partial charge in [0, 0.05) is 13.0 Å². The molecule has 0 fully saturated rings. The number of carbonyl (C=O) groups excluding carboxylic acids is 1. The Morgan fingerprint density at radius 2 is 2.10 bits per heavy atom. The minimum Gasteiger partial charge on any atom is -0.494 e. The third kappa shape index (κ3) is 6.03. The number of carbonyl (C=O) groups is 1. The minimum absolute atomic E-state index is 0.172. The summed E-state index contributed by atoms with van der Waals surface area (Å²) in [6.45, 7) is 3.50. The Hall–Kier alpha value is -1.77. The molecule has 3 heteroatoms. The molecule has 2 rings (SSSR count). The van der Waals surface area contributed by atoms with Crippen LogP contribution in [0.5, 0.6) is 5.75 Å². The number of ether oxygens (including phenoxy) is 1. The van der Waals surface area contributed by atoms with Gasteiger partial charge in [-0.1, -0.05) is 29.8 Å². The van der Waals surface area contributed by atoms with Crippen LogP contribution < -0.4 is 10.1 Å². The Morgan fingerprint density at radius 3 is 2.81 bits per heavy atom. The summed E-state index contributed by atoms with van der Waals surface area (Å²) in [5.41, 5.74) is 1.24. The topological polar surface area (TPSA) is 38.3 Å². The molecule has 1 aliphatic rings. The highest BCUT2D eigenvalue weighted by molar-refractivity contribution is 5.76. The van der Waals surface area contributed by atoms with Crippen LogP contribution in [0.3, 0.4) is 0 Å². The van der Waals surface area contributed by atoms with Crippen LogP contribution in [-0.2, 0) is 4.79 Å². The highest BCUT2D eigenvalue weighted by Gasteiger charge is 2.13. The molecule has 0 saturated carbocycles. The van der Waals surface area contributed by atoms with E-state index in [9.17, 15) is 4.79 Å². The molecule has 0 spiro atoms. The lowest BCUT2D eigenvalue weighted by molar-refractivity contribution is -0.121. The standard InChI is InChI=1S/C18H25NO2/c1-15-8-10-17(11-9-15)21-13-5-4-12-19-18(20)14-16-6-2-3-7-16/h2,6,8-11,16H,3-5,7,12-14H2,1H3,(H,19,20)/t16-/m1/s1. The first-order valence-electron chi connectivity index (χ1n) is 7.87. The van der Waals surface area contributed by atoms with Crippen LogP contribution in [0, 0.1) is 12.8 Å². The molecule has 0 aliphatic heterocycles. The van der Waals surface area contributed by atoms with Crippen molar-refractivity contribution in [2.24, 2.45) is 5.92 Å². The Bertz CT molecular complexity index is 465. The fraction of sp³-hybridized carbons (Fsp3) is 0.500. The molecule has 0 bridgehead atoms. The highest BCUT2D eigenvalue weighted by atomic mass is 16.5. The molecule has 3 nitrogen and oxygen atoms in total. The molecule has 1 aliphatic carbocycles. The largest absolute Gasteiger partial charge is 0.494 e. The molecule has 1 aromatic carbocycles. The number of allylic oxidation sites excluding steroid dienone is 2. The Kier molecular flexibility index (Phi) is 6.32. The first-order valence-corrected chi connectivity index (χ1v) is 7.87. The first-order chi connectivity index (χ1) is 10.2. The smallest absolute Gasteiger partial charge is 0.220 e. The van der Waals surface area contributed by atoms with Crippen molar-refractivity contribution in [1.82, 2.24) is 5.32 Å². The maximum atomic E-state index is 11.7. The van der Waals surface area contributed by atoms with E-state index in [-0.39, 0.29) is 5.91 Å². The molecule has 114 valence electrons. The fourth-order valence-corrected chi connectivity index (χ4v) is 2.45. The lowest BCUT2D eigenvalue weighted by Crippen LogP contribution is -2.26. The Balaban J connectivity index is 1.48. The van der Waals surface area contributed by atoms with Crippen molar-refractivity contribution >= 4 is 5.91 Å². The SMILES string of the molecule is Cc1ccc(OCCCCNC(=O)C[C@@H]2C=CCC2)cc1. The number of hydrogen-bond acceptors (Lipinski definition) is 2. The zero-order valence-electron chi connectivity index (χ0n) is 12.8. The summed E-state index contributed by atoms with van der Waals surface area (Å²) < 4.78 is 5.65. The van der Waals surface area contributed by atoms with Crippen LogP contribution in [0.2, 0.25) is 0 Å². The van der Waals surface area contributed by atoms with Crippen LogP contribution in [0.25, 0.3) is 0 Å². The third-order valence-electron chi connectivity index (χ3n) is 3.74. The van der Waals surface area contributed by atoms with Crippen LogP contribution in [0.15, 0.2) is 36.4 Å². The van der Waals surface area contributed by atoms with E-state index < -0.39 is 0 Å². The van der Waals surface area contributed by atoms with Gasteiger partial charge in [-0.2, -0.15) is 0 Å². The summed E-state index contributed by atoms with van der Waals surface area (Å²) in [5.74, 6) is 1.54. The van der Waals surface area contributed by atoms with Crippen LogP contribution in [0.4, 0.5) is 0 Å². The second kappa shape index (κ2) is 8.50. The summed E-state index contributed by atoms with van der Waals surface area (Å²) in [6.07, 6.45) is 9.12. The molecule has 0 unspecified atom stereocenters. The van der Waals surface area contributed by atoms with Gasteiger partial charge >= 0.3 is 0 Å². The predicted molar refractivity (Wildman–Crippen MR) is 85.4 cm³/mol. The minimum atomic E-state index is 0.172. The average Bonchev–Trinajstić information content (AvgIpc) is 2.97. The Labute approximate surface area is 127 Å². The number of unbranched alkanes of at least 4 members (excludes halogenated alkanes) is 1. The number of rotatable bonds is 8. The molecule has 1 atom stereocenters. The van der Waals surface area contributed by atoms with Gasteiger partial charge in [0.2, 0.25) is 5.91 Å². The van der Waals surface area contributed by atoms with Crippen molar-refractivity contribution in [3.05, 3.63) is 42.0 Å². The van der Waals surface area contributed by atoms with Crippen molar-refractivity contribution < 1.29 is 9.53 Å². The number of amides is 1. The second-order valence-corrected chi connectivity index (χ2v) is 5.69. The molecular formula is C18H25NO2. The van der Waals surface area contributed by atoms with Crippen molar-refractivity contribution in [3.8, 4) is 5.75 Å². The lowest BCUT2D eigenvalue weighted by Gasteiger charge is -2.09. The van der Waals surface area contributed by atoms with Crippen LogP contribution >= 0.6 is 0 Å². The summed E-state index contributed by atoms with van der Waals surface area (Å²) in [6, 6.07) is 8.08. The summed E-state index contributed by atoms with van der Waals surface area (Å²) in [5, 5.41) is 2.99. The van der Waals surface area contributed by atoms with Crippen LogP contribution in [0.1, 0.15) is 37.7 Å². The van der Waals surface area contributed by atoms with Crippen molar-refractivity contribution in [3.63, 3.8) is 0 Å². The van der Waals surface area contributed by atoms with Gasteiger partial charge < -0.3 is 10.1 Å². The van der Waals surface area contributed by atoms with E-state index in [1.54, 1.807) is 0 Å². The monoisotopic (exact) mass is 287 g/mol. The molecule has 0 heterocycles. The van der Waals surface area contributed by atoms with E-state index in [2.05, 4.69) is 24.4 Å². The van der Waals surface area contributed by atoms with E-state index in [1.165, 1.54) is 5.56 Å². The number of nitrogens with one attached hydrogen (secondary N) is 1. The van der Waals surface area contributed by atoms with Crippen molar-refractivity contribution in [1.29, 1.82) is 0 Å². The van der Waals surface area contributed by atoms with E-state index in [1.807, 2.05) is 24.3 Å². The number of hydrogen-bond donors (Lipinski definition) is 1. The quantitative estimate of drug-likeness (QED) is 0.586. The van der Waals surface area contributed by atoms with Gasteiger partial charge in [0.05, 0.1) is 6.61 Å². The summed E-state index contributed by atoms with van der Waals surface area (Å²) >= 11 is 0. The molecule has 1 N–H and O–H groups in total. The summed E-state index contributed by atoms with van der Waals surface area (Å²) in [4.78, 5) is 11.7. The average molecular weight is 287 g/mol. The molecular weight excluding hydrogens is 262 g/mol. The highest BCUT2D eigenvalue weighted by Crippen LogP contribution is 2.19. The molecule has 0 radical (unpaired) electrons.